The van der Waals surface area contributed by atoms with Gasteiger partial charge in [-0.15, -0.1) is 0 Å². The Labute approximate surface area is 344 Å². The van der Waals surface area contributed by atoms with E-state index in [-0.39, 0.29) is 42.7 Å². The Morgan fingerprint density at radius 1 is 0.554 bits per heavy atom. The summed E-state index contributed by atoms with van der Waals surface area (Å²) in [4.78, 5) is 36.9. The van der Waals surface area contributed by atoms with E-state index in [0.29, 0.717) is 12.8 Å². The number of rotatable bonds is 41. The van der Waals surface area contributed by atoms with E-state index >= 15 is 0 Å². The van der Waals surface area contributed by atoms with Crippen LogP contribution in [-0.4, -0.2) is 75.5 Å². The van der Waals surface area contributed by atoms with E-state index in [0.717, 1.165) is 70.6 Å². The van der Waals surface area contributed by atoms with Crippen molar-refractivity contribution in [3.05, 3.63) is 36.5 Å². The van der Waals surface area contributed by atoms with Crippen molar-refractivity contribution in [1.29, 1.82) is 0 Å². The number of ether oxygens (including phenoxy) is 3. The zero-order valence-corrected chi connectivity index (χ0v) is 37.1. The third kappa shape index (κ3) is 37.1. The number of carboxylic acid groups (broad SMARTS) is 1. The standard InChI is InChI=1S/C48H87NO7/c1-6-8-10-12-14-16-18-20-22-23-24-25-27-28-30-32-34-36-38-46(50)55-43-44(42-54-41-40-45(48(52)53)49(3,4)5)56-47(51)39-37-35-33-31-29-26-21-19-17-15-13-11-9-7-2/h9,11,15,17,24-25,44-45H,6-8,10,12-14,16,18-23,26-43H2,1-5H3/b11-9+,17-15+,25-24+. The first-order valence-electron chi connectivity index (χ1n) is 23.0. The Morgan fingerprint density at radius 2 is 1.00 bits per heavy atom. The number of aliphatic carboxylic acids is 1. The summed E-state index contributed by atoms with van der Waals surface area (Å²) in [5.41, 5.74) is 0. The number of likely N-dealkylation sites (N-methyl/N-ethyl adjacent to an activating group) is 1. The van der Waals surface area contributed by atoms with E-state index in [1.807, 2.05) is 0 Å². The molecule has 0 aromatic rings. The first kappa shape index (κ1) is 53.6. The molecule has 2 atom stereocenters. The molecule has 0 aliphatic heterocycles. The molecule has 0 fully saturated rings. The van der Waals surface area contributed by atoms with Crippen molar-refractivity contribution < 1.29 is 38.2 Å². The van der Waals surface area contributed by atoms with Crippen molar-refractivity contribution in [2.75, 3.05) is 41.0 Å². The molecule has 0 heterocycles. The van der Waals surface area contributed by atoms with Gasteiger partial charge in [0.05, 0.1) is 40.3 Å². The summed E-state index contributed by atoms with van der Waals surface area (Å²) in [7, 11) is 5.40. The monoisotopic (exact) mass is 790 g/mol. The molecule has 0 aromatic heterocycles. The number of nitrogens with zero attached hydrogens (tertiary/aromatic N) is 1. The summed E-state index contributed by atoms with van der Waals surface area (Å²) in [5, 5.41) is 11.6. The SMILES string of the molecule is CC/C=C/C/C=C/CCCCCCCCCC(=O)OC(COCCC(C(=O)[O-])[N+](C)(C)C)COC(=O)CCCCCCC/C=C/CCCCCCCCCCC. The Morgan fingerprint density at radius 3 is 1.48 bits per heavy atom. The molecular formula is C48H87NO7. The van der Waals surface area contributed by atoms with Gasteiger partial charge in [0.1, 0.15) is 12.6 Å². The quantitative estimate of drug-likeness (QED) is 0.0263. The van der Waals surface area contributed by atoms with Crippen molar-refractivity contribution in [3.8, 4) is 0 Å². The maximum atomic E-state index is 12.7. The van der Waals surface area contributed by atoms with Crippen LogP contribution in [0.15, 0.2) is 36.5 Å². The molecule has 0 rings (SSSR count). The number of allylic oxidation sites excluding steroid dienone is 6. The Bertz CT molecular complexity index is 1020. The van der Waals surface area contributed by atoms with E-state index in [2.05, 4.69) is 50.3 Å². The number of unbranched alkanes of at least 4 members (excludes halogenated alkanes) is 21. The molecule has 8 heteroatoms. The molecule has 8 nitrogen and oxygen atoms in total. The van der Waals surface area contributed by atoms with Gasteiger partial charge in [-0.25, -0.2) is 0 Å². The molecule has 0 spiro atoms. The third-order valence-corrected chi connectivity index (χ3v) is 10.3. The lowest BCUT2D eigenvalue weighted by Gasteiger charge is -2.34. The van der Waals surface area contributed by atoms with Crippen LogP contribution in [0.1, 0.15) is 200 Å². The molecular weight excluding hydrogens is 703 g/mol. The Hall–Kier alpha value is -2.45. The van der Waals surface area contributed by atoms with Crippen molar-refractivity contribution in [1.82, 2.24) is 0 Å². The fourth-order valence-electron chi connectivity index (χ4n) is 6.69. The lowest BCUT2D eigenvalue weighted by molar-refractivity contribution is -0.889. The number of hydrogen-bond donors (Lipinski definition) is 0. The van der Waals surface area contributed by atoms with Crippen LogP contribution in [0.4, 0.5) is 0 Å². The minimum Gasteiger partial charge on any atom is -0.544 e. The van der Waals surface area contributed by atoms with E-state index in [1.54, 1.807) is 21.1 Å². The highest BCUT2D eigenvalue weighted by Gasteiger charge is 2.25. The van der Waals surface area contributed by atoms with E-state index < -0.39 is 18.1 Å². The average Bonchev–Trinajstić information content (AvgIpc) is 3.15. The van der Waals surface area contributed by atoms with Gasteiger partial charge in [-0.2, -0.15) is 0 Å². The van der Waals surface area contributed by atoms with Crippen LogP contribution in [0.5, 0.6) is 0 Å². The van der Waals surface area contributed by atoms with Crippen LogP contribution >= 0.6 is 0 Å². The molecule has 0 amide bonds. The summed E-state index contributed by atoms with van der Waals surface area (Å²) < 4.78 is 17.2. The van der Waals surface area contributed by atoms with Gasteiger partial charge in [-0.05, 0) is 64.2 Å². The van der Waals surface area contributed by atoms with Crippen LogP contribution in [-0.2, 0) is 28.6 Å². The Kier molecular flexibility index (Phi) is 37.7. The van der Waals surface area contributed by atoms with E-state index in [9.17, 15) is 19.5 Å². The first-order valence-corrected chi connectivity index (χ1v) is 23.0. The predicted molar refractivity (Wildman–Crippen MR) is 231 cm³/mol. The van der Waals surface area contributed by atoms with Crippen LogP contribution in [0.25, 0.3) is 0 Å². The summed E-state index contributed by atoms with van der Waals surface area (Å²) in [5.74, 6) is -1.75. The fourth-order valence-corrected chi connectivity index (χ4v) is 6.69. The minimum absolute atomic E-state index is 0.0359. The second-order valence-electron chi connectivity index (χ2n) is 16.6. The van der Waals surface area contributed by atoms with Crippen molar-refractivity contribution >= 4 is 17.9 Å². The second kappa shape index (κ2) is 39.4. The Balaban J connectivity index is 4.31. The number of quaternary nitrogens is 1. The number of carbonyl (C=O) groups is 3. The topological polar surface area (TPSA) is 102 Å². The van der Waals surface area contributed by atoms with Crippen molar-refractivity contribution in [3.63, 3.8) is 0 Å². The van der Waals surface area contributed by atoms with Crippen LogP contribution in [0, 0.1) is 0 Å². The summed E-state index contributed by atoms with van der Waals surface area (Å²) in [6.45, 7) is 4.55. The molecule has 0 aliphatic carbocycles. The highest BCUT2D eigenvalue weighted by atomic mass is 16.6. The molecule has 0 bridgehead atoms. The maximum Gasteiger partial charge on any atom is 0.306 e. The predicted octanol–water partition coefficient (Wildman–Crippen LogP) is 11.3. The highest BCUT2D eigenvalue weighted by Crippen LogP contribution is 2.14. The van der Waals surface area contributed by atoms with Crippen LogP contribution in [0.3, 0.4) is 0 Å². The molecule has 326 valence electrons. The number of esters is 2. The first-order chi connectivity index (χ1) is 27.1. The molecule has 56 heavy (non-hydrogen) atoms. The van der Waals surface area contributed by atoms with Gasteiger partial charge in [0, 0.05) is 19.3 Å². The smallest absolute Gasteiger partial charge is 0.306 e. The third-order valence-electron chi connectivity index (χ3n) is 10.3. The second-order valence-corrected chi connectivity index (χ2v) is 16.6. The molecule has 0 N–H and O–H groups in total. The van der Waals surface area contributed by atoms with Gasteiger partial charge in [0.15, 0.2) is 6.10 Å². The zero-order valence-electron chi connectivity index (χ0n) is 37.1. The fraction of sp³-hybridized carbons (Fsp3) is 0.812. The van der Waals surface area contributed by atoms with Crippen molar-refractivity contribution in [2.45, 2.75) is 212 Å². The summed E-state index contributed by atoms with van der Waals surface area (Å²) in [6.07, 6.45) is 44.5. The lowest BCUT2D eigenvalue weighted by Crippen LogP contribution is -2.55. The van der Waals surface area contributed by atoms with Gasteiger partial charge in [0.25, 0.3) is 0 Å². The van der Waals surface area contributed by atoms with Gasteiger partial charge < -0.3 is 28.6 Å². The van der Waals surface area contributed by atoms with Crippen molar-refractivity contribution in [2.24, 2.45) is 0 Å². The minimum atomic E-state index is -1.13. The largest absolute Gasteiger partial charge is 0.544 e. The van der Waals surface area contributed by atoms with Gasteiger partial charge in [0.2, 0.25) is 0 Å². The summed E-state index contributed by atoms with van der Waals surface area (Å²) in [6, 6.07) is -0.727. The van der Waals surface area contributed by atoms with Gasteiger partial charge in [-0.1, -0.05) is 153 Å². The zero-order chi connectivity index (χ0) is 41.4. The molecule has 0 saturated carbocycles. The van der Waals surface area contributed by atoms with Crippen LogP contribution in [0.2, 0.25) is 0 Å². The molecule has 0 aliphatic rings. The summed E-state index contributed by atoms with van der Waals surface area (Å²) >= 11 is 0. The molecule has 0 radical (unpaired) electrons. The normalized spacial score (nSPS) is 13.2. The van der Waals surface area contributed by atoms with E-state index in [4.69, 9.17) is 14.2 Å². The van der Waals surface area contributed by atoms with Gasteiger partial charge >= 0.3 is 11.9 Å². The number of carboxylic acids is 1. The average molecular weight is 790 g/mol. The highest BCUT2D eigenvalue weighted by molar-refractivity contribution is 5.70. The lowest BCUT2D eigenvalue weighted by atomic mass is 10.1. The molecule has 2 unspecified atom stereocenters. The molecule has 0 saturated heterocycles. The number of hydrogen-bond acceptors (Lipinski definition) is 7. The van der Waals surface area contributed by atoms with Crippen LogP contribution < -0.4 is 5.11 Å². The number of carbonyl (C=O) groups excluding carboxylic acids is 3. The van der Waals surface area contributed by atoms with E-state index in [1.165, 1.54) is 96.3 Å². The maximum absolute atomic E-state index is 12.7. The van der Waals surface area contributed by atoms with Gasteiger partial charge in [-0.3, -0.25) is 9.59 Å². The molecule has 0 aromatic carbocycles.